The molecule has 1 aliphatic carbocycles. The summed E-state index contributed by atoms with van der Waals surface area (Å²) in [6.45, 7) is -0.212. The Morgan fingerprint density at radius 2 is 2.28 bits per heavy atom. The monoisotopic (exact) mass is 354 g/mol. The highest BCUT2D eigenvalue weighted by Crippen LogP contribution is 2.37. The van der Waals surface area contributed by atoms with Crippen LogP contribution < -0.4 is 11.1 Å². The number of anilines is 1. The molecule has 25 heavy (non-hydrogen) atoms. The zero-order chi connectivity index (χ0) is 17.4. The zero-order valence-electron chi connectivity index (χ0n) is 13.2. The predicted molar refractivity (Wildman–Crippen MR) is 92.6 cm³/mol. The van der Waals surface area contributed by atoms with Crippen LogP contribution in [0.4, 0.5) is 5.00 Å². The summed E-state index contributed by atoms with van der Waals surface area (Å²) in [5, 5.41) is 12.8. The maximum absolute atomic E-state index is 12.4. The first-order chi connectivity index (χ1) is 12.2. The van der Waals surface area contributed by atoms with Crippen molar-refractivity contribution in [1.82, 2.24) is 9.55 Å². The highest BCUT2D eigenvalue weighted by atomic mass is 32.1. The minimum absolute atomic E-state index is 0.212. The topological polar surface area (TPSA) is 101 Å². The van der Waals surface area contributed by atoms with Gasteiger partial charge in [-0.25, -0.2) is 14.3 Å². The Balaban J connectivity index is 1.61. The molecule has 0 atom stereocenters. The van der Waals surface area contributed by atoms with Crippen LogP contribution in [0.3, 0.4) is 0 Å². The van der Waals surface area contributed by atoms with E-state index >= 15 is 0 Å². The summed E-state index contributed by atoms with van der Waals surface area (Å²) in [4.78, 5) is 29.6. The molecule has 3 aromatic rings. The van der Waals surface area contributed by atoms with E-state index < -0.39 is 5.76 Å². The van der Waals surface area contributed by atoms with Crippen LogP contribution in [0.5, 0.6) is 0 Å². The molecule has 1 aliphatic rings. The first-order valence-corrected chi connectivity index (χ1v) is 8.78. The van der Waals surface area contributed by atoms with Gasteiger partial charge in [0.25, 0.3) is 0 Å². The number of hydrogen-bond acceptors (Lipinski definition) is 6. The van der Waals surface area contributed by atoms with E-state index in [1.807, 2.05) is 0 Å². The Kier molecular flexibility index (Phi) is 3.86. The summed E-state index contributed by atoms with van der Waals surface area (Å²) in [5.41, 5.74) is 2.27. The average molecular weight is 354 g/mol. The number of rotatable bonds is 3. The summed E-state index contributed by atoms with van der Waals surface area (Å²) in [5.74, 6) is -1.01. The van der Waals surface area contributed by atoms with Gasteiger partial charge in [-0.05, 0) is 43.4 Å². The van der Waals surface area contributed by atoms with Crippen molar-refractivity contribution in [2.45, 2.75) is 32.2 Å². The molecular weight excluding hydrogens is 340 g/mol. The zero-order valence-corrected chi connectivity index (χ0v) is 14.1. The minimum Gasteiger partial charge on any atom is -0.406 e. The fourth-order valence-electron chi connectivity index (χ4n) is 3.12. The van der Waals surface area contributed by atoms with Crippen molar-refractivity contribution in [3.63, 3.8) is 0 Å². The normalized spacial score (nSPS) is 13.4. The van der Waals surface area contributed by atoms with E-state index in [0.29, 0.717) is 21.8 Å². The molecule has 1 N–H and O–H groups in total. The number of hydrogen-bond donors (Lipinski definition) is 1. The van der Waals surface area contributed by atoms with E-state index in [9.17, 15) is 14.9 Å². The van der Waals surface area contributed by atoms with Crippen LogP contribution in [0.15, 0.2) is 27.5 Å². The molecule has 0 aromatic carbocycles. The van der Waals surface area contributed by atoms with Crippen molar-refractivity contribution in [3.05, 3.63) is 44.9 Å². The van der Waals surface area contributed by atoms with Crippen molar-refractivity contribution in [2.75, 3.05) is 5.32 Å². The summed E-state index contributed by atoms with van der Waals surface area (Å²) in [6.07, 6.45) is 5.52. The molecule has 7 nitrogen and oxygen atoms in total. The summed E-state index contributed by atoms with van der Waals surface area (Å²) >= 11 is 1.45. The molecule has 4 rings (SSSR count). The third-order valence-corrected chi connectivity index (χ3v) is 5.47. The fourth-order valence-corrected chi connectivity index (χ4v) is 4.38. The third kappa shape index (κ3) is 2.72. The molecule has 0 saturated carbocycles. The number of nitrogens with one attached hydrogen (secondary N) is 1. The number of pyridine rings is 1. The Morgan fingerprint density at radius 3 is 3.12 bits per heavy atom. The number of fused-ring (bicyclic) bond motifs is 2. The molecule has 0 radical (unpaired) electrons. The number of oxazole rings is 1. The molecule has 0 fully saturated rings. The second-order valence-electron chi connectivity index (χ2n) is 5.85. The van der Waals surface area contributed by atoms with E-state index in [0.717, 1.165) is 31.2 Å². The summed E-state index contributed by atoms with van der Waals surface area (Å²) in [6, 6.07) is 5.49. The lowest BCUT2D eigenvalue weighted by Crippen LogP contribution is -2.25. The number of carbonyl (C=O) groups is 1. The van der Waals surface area contributed by atoms with E-state index in [1.165, 1.54) is 27.0 Å². The van der Waals surface area contributed by atoms with Gasteiger partial charge in [-0.3, -0.25) is 4.79 Å². The van der Waals surface area contributed by atoms with Crippen LogP contribution in [0.2, 0.25) is 0 Å². The van der Waals surface area contributed by atoms with E-state index in [2.05, 4.69) is 16.4 Å². The Bertz CT molecular complexity index is 1070. The molecule has 3 aromatic heterocycles. The van der Waals surface area contributed by atoms with Gasteiger partial charge >= 0.3 is 5.76 Å². The van der Waals surface area contributed by atoms with Gasteiger partial charge in [0.1, 0.15) is 17.6 Å². The fraction of sp³-hybridized carbons (Fsp3) is 0.294. The highest BCUT2D eigenvalue weighted by Gasteiger charge is 2.22. The van der Waals surface area contributed by atoms with Crippen LogP contribution in [0, 0.1) is 11.3 Å². The van der Waals surface area contributed by atoms with Gasteiger partial charge in [-0.1, -0.05) is 0 Å². The lowest BCUT2D eigenvalue weighted by Gasteiger charge is -2.09. The maximum Gasteiger partial charge on any atom is 0.421 e. The molecule has 0 spiro atoms. The smallest absolute Gasteiger partial charge is 0.406 e. The molecule has 0 aliphatic heterocycles. The molecule has 126 valence electrons. The first kappa shape index (κ1) is 15.6. The predicted octanol–water partition coefficient (Wildman–Crippen LogP) is 2.44. The van der Waals surface area contributed by atoms with Crippen LogP contribution >= 0.6 is 11.3 Å². The molecular formula is C17H14N4O3S. The number of nitriles is 1. The molecule has 8 heteroatoms. The highest BCUT2D eigenvalue weighted by molar-refractivity contribution is 7.16. The molecule has 1 amide bonds. The lowest BCUT2D eigenvalue weighted by molar-refractivity contribution is -0.116. The Hall–Kier alpha value is -2.92. The average Bonchev–Trinajstić information content (AvgIpc) is 3.12. The molecule has 0 unspecified atom stereocenters. The number of amides is 1. The van der Waals surface area contributed by atoms with E-state index in [4.69, 9.17) is 4.42 Å². The second kappa shape index (κ2) is 6.18. The number of thiophene rings is 1. The van der Waals surface area contributed by atoms with Gasteiger partial charge < -0.3 is 9.73 Å². The number of aryl methyl sites for hydroxylation is 1. The molecule has 3 heterocycles. The van der Waals surface area contributed by atoms with Gasteiger partial charge in [-0.2, -0.15) is 5.26 Å². The third-order valence-electron chi connectivity index (χ3n) is 4.26. The summed E-state index contributed by atoms with van der Waals surface area (Å²) in [7, 11) is 0. The molecule has 0 bridgehead atoms. The van der Waals surface area contributed by atoms with Crippen molar-refractivity contribution in [2.24, 2.45) is 0 Å². The van der Waals surface area contributed by atoms with Crippen molar-refractivity contribution in [1.29, 1.82) is 5.26 Å². The second-order valence-corrected chi connectivity index (χ2v) is 6.96. The van der Waals surface area contributed by atoms with Crippen LogP contribution in [-0.4, -0.2) is 15.5 Å². The van der Waals surface area contributed by atoms with Gasteiger partial charge in [-0.15, -0.1) is 11.3 Å². The largest absolute Gasteiger partial charge is 0.421 e. The Morgan fingerprint density at radius 1 is 1.44 bits per heavy atom. The van der Waals surface area contributed by atoms with Crippen LogP contribution in [0.25, 0.3) is 11.2 Å². The van der Waals surface area contributed by atoms with Gasteiger partial charge in [0.05, 0.1) is 5.56 Å². The van der Waals surface area contributed by atoms with E-state index in [1.54, 1.807) is 12.1 Å². The lowest BCUT2D eigenvalue weighted by atomic mass is 9.96. The number of aromatic nitrogens is 2. The van der Waals surface area contributed by atoms with Crippen molar-refractivity contribution >= 4 is 33.5 Å². The van der Waals surface area contributed by atoms with Crippen LogP contribution in [-0.2, 0) is 24.2 Å². The first-order valence-electron chi connectivity index (χ1n) is 7.96. The van der Waals surface area contributed by atoms with Crippen molar-refractivity contribution in [3.8, 4) is 6.07 Å². The van der Waals surface area contributed by atoms with Gasteiger partial charge in [0.2, 0.25) is 5.91 Å². The standard InChI is InChI=1S/C17H14N4O3S/c18-8-11-10-4-1-2-6-13(10)25-16(11)20-14(22)9-21-15-12(24-17(21)23)5-3-7-19-15/h3,5,7H,1-2,4,6,9H2,(H,20,22). The van der Waals surface area contributed by atoms with E-state index in [-0.39, 0.29) is 12.5 Å². The number of nitrogens with zero attached hydrogens (tertiary/aromatic N) is 3. The summed E-state index contributed by atoms with van der Waals surface area (Å²) < 4.78 is 6.26. The Labute approximate surface area is 146 Å². The van der Waals surface area contributed by atoms with Crippen molar-refractivity contribution < 1.29 is 9.21 Å². The van der Waals surface area contributed by atoms with Gasteiger partial charge in [0, 0.05) is 11.1 Å². The van der Waals surface area contributed by atoms with Gasteiger partial charge in [0.15, 0.2) is 11.2 Å². The quantitative estimate of drug-likeness (QED) is 0.778. The molecule has 0 saturated heterocycles. The minimum atomic E-state index is -0.630. The maximum atomic E-state index is 12.4. The van der Waals surface area contributed by atoms with Crippen LogP contribution in [0.1, 0.15) is 28.8 Å². The number of carbonyl (C=O) groups excluding carboxylic acids is 1. The SMILES string of the molecule is N#Cc1c(NC(=O)Cn2c(=O)oc3cccnc32)sc2c1CCCC2.